The summed E-state index contributed by atoms with van der Waals surface area (Å²) in [4.78, 5) is 25.0. The summed E-state index contributed by atoms with van der Waals surface area (Å²) in [5.41, 5.74) is -0.562. The zero-order valence-electron chi connectivity index (χ0n) is 20.4. The third kappa shape index (κ3) is 4.07. The van der Waals surface area contributed by atoms with Gasteiger partial charge in [-0.1, -0.05) is 30.9 Å². The summed E-state index contributed by atoms with van der Waals surface area (Å²) in [5.74, 6) is 0.282. The second-order valence-corrected chi connectivity index (χ2v) is 10.8. The van der Waals surface area contributed by atoms with E-state index in [1.807, 2.05) is 13.8 Å². The van der Waals surface area contributed by atoms with E-state index in [4.69, 9.17) is 18.9 Å². The minimum Gasteiger partial charge on any atom is -0.500 e. The lowest BCUT2D eigenvalue weighted by atomic mass is 9.75. The standard InChI is InChI=1S/C27H36O6/c1-17(2)23(28)32-25(4)13-20-7-8-22(25)21(20)15-31-14-18(3)24(29)33-26(5)11-19-9-10-27(26,12-19)16-30-6/h7-10,14,19-22H,1,11-13,15-16H2,2-6H3/b18-14-. The van der Waals surface area contributed by atoms with Crippen LogP contribution in [0.5, 0.6) is 0 Å². The molecule has 0 radical (unpaired) electrons. The topological polar surface area (TPSA) is 71.1 Å². The fourth-order valence-electron chi connectivity index (χ4n) is 6.37. The highest BCUT2D eigenvalue weighted by atomic mass is 16.6. The Hall–Kier alpha value is -2.34. The number of fused-ring (bicyclic) bond motifs is 4. The van der Waals surface area contributed by atoms with Crippen molar-refractivity contribution in [2.75, 3.05) is 20.3 Å². The second-order valence-electron chi connectivity index (χ2n) is 10.8. The Balaban J connectivity index is 1.34. The van der Waals surface area contributed by atoms with Gasteiger partial charge in [0.25, 0.3) is 0 Å². The van der Waals surface area contributed by atoms with E-state index in [1.54, 1.807) is 21.0 Å². The maximum Gasteiger partial charge on any atom is 0.337 e. The van der Waals surface area contributed by atoms with Gasteiger partial charge in [-0.3, -0.25) is 0 Å². The molecule has 0 N–H and O–H groups in total. The molecule has 0 amide bonds. The molecule has 0 aromatic rings. The molecule has 2 fully saturated rings. The third-order valence-electron chi connectivity index (χ3n) is 8.21. The molecule has 2 saturated carbocycles. The van der Waals surface area contributed by atoms with Crippen molar-refractivity contribution in [1.82, 2.24) is 0 Å². The fraction of sp³-hybridized carbons (Fsp3) is 0.630. The van der Waals surface area contributed by atoms with Crippen LogP contribution in [0.1, 0.15) is 47.0 Å². The van der Waals surface area contributed by atoms with Gasteiger partial charge in [-0.2, -0.15) is 0 Å². The van der Waals surface area contributed by atoms with Crippen LogP contribution >= 0.6 is 0 Å². The van der Waals surface area contributed by atoms with Crippen LogP contribution < -0.4 is 0 Å². The van der Waals surface area contributed by atoms with E-state index in [0.29, 0.717) is 30.3 Å². The zero-order chi connectivity index (χ0) is 24.0. The zero-order valence-corrected chi connectivity index (χ0v) is 20.4. The first-order valence-corrected chi connectivity index (χ1v) is 11.8. The molecule has 7 atom stereocenters. The Kier molecular flexibility index (Phi) is 6.10. The van der Waals surface area contributed by atoms with Gasteiger partial charge in [-0.05, 0) is 58.8 Å². The molecule has 6 nitrogen and oxygen atoms in total. The predicted octanol–water partition coefficient (Wildman–Crippen LogP) is 4.52. The quantitative estimate of drug-likeness (QED) is 0.220. The number of esters is 2. The van der Waals surface area contributed by atoms with Gasteiger partial charge >= 0.3 is 11.9 Å². The predicted molar refractivity (Wildman–Crippen MR) is 124 cm³/mol. The molecular weight excluding hydrogens is 420 g/mol. The highest BCUT2D eigenvalue weighted by molar-refractivity contribution is 5.88. The van der Waals surface area contributed by atoms with Gasteiger partial charge in [-0.15, -0.1) is 0 Å². The number of methoxy groups -OCH3 is 1. The van der Waals surface area contributed by atoms with Crippen LogP contribution in [0.4, 0.5) is 0 Å². The normalized spacial score (nSPS) is 40.3. The van der Waals surface area contributed by atoms with Crippen molar-refractivity contribution in [2.45, 2.75) is 58.2 Å². The van der Waals surface area contributed by atoms with Crippen molar-refractivity contribution in [3.05, 3.63) is 48.3 Å². The van der Waals surface area contributed by atoms with Gasteiger partial charge in [0.1, 0.15) is 11.2 Å². The minimum atomic E-state index is -0.585. The molecule has 4 rings (SSSR count). The highest BCUT2D eigenvalue weighted by Crippen LogP contribution is 2.57. The molecule has 180 valence electrons. The van der Waals surface area contributed by atoms with E-state index < -0.39 is 11.2 Å². The van der Waals surface area contributed by atoms with Gasteiger partial charge in [0, 0.05) is 24.5 Å². The summed E-state index contributed by atoms with van der Waals surface area (Å²) in [7, 11) is 1.69. The van der Waals surface area contributed by atoms with Crippen LogP contribution in [0.25, 0.3) is 0 Å². The largest absolute Gasteiger partial charge is 0.500 e. The van der Waals surface area contributed by atoms with E-state index in [9.17, 15) is 9.59 Å². The molecular formula is C27H36O6. The maximum absolute atomic E-state index is 12.9. The Morgan fingerprint density at radius 1 is 1.06 bits per heavy atom. The van der Waals surface area contributed by atoms with Gasteiger partial charge in [0.15, 0.2) is 0 Å². The average Bonchev–Trinajstić information content (AvgIpc) is 3.45. The average molecular weight is 457 g/mol. The van der Waals surface area contributed by atoms with Crippen molar-refractivity contribution in [3.8, 4) is 0 Å². The molecule has 33 heavy (non-hydrogen) atoms. The molecule has 0 aromatic heterocycles. The molecule has 6 heteroatoms. The molecule has 0 aliphatic heterocycles. The molecule has 4 aliphatic rings. The van der Waals surface area contributed by atoms with Gasteiger partial charge in [0.2, 0.25) is 0 Å². The number of allylic oxidation sites excluding steroid dienone is 2. The SMILES string of the molecule is C=C(C)C(=O)OC1(C)CC2C=CC1C2CO/C=C(/C)C(=O)OC1(C)CC2C=CC1(COC)C2. The van der Waals surface area contributed by atoms with Crippen LogP contribution in [-0.2, 0) is 28.5 Å². The first kappa shape index (κ1) is 23.8. The van der Waals surface area contributed by atoms with E-state index in [1.165, 1.54) is 6.26 Å². The Morgan fingerprint density at radius 3 is 2.48 bits per heavy atom. The monoisotopic (exact) mass is 456 g/mol. The smallest absolute Gasteiger partial charge is 0.337 e. The maximum atomic E-state index is 12.9. The van der Waals surface area contributed by atoms with Crippen LogP contribution in [-0.4, -0.2) is 43.5 Å². The van der Waals surface area contributed by atoms with Crippen molar-refractivity contribution >= 4 is 11.9 Å². The number of carbonyl (C=O) groups is 2. The summed E-state index contributed by atoms with van der Waals surface area (Å²) >= 11 is 0. The number of ether oxygens (including phenoxy) is 4. The third-order valence-corrected chi connectivity index (χ3v) is 8.21. The van der Waals surface area contributed by atoms with Crippen molar-refractivity contribution < 1.29 is 28.5 Å². The molecule has 0 heterocycles. The van der Waals surface area contributed by atoms with Gasteiger partial charge < -0.3 is 18.9 Å². The second kappa shape index (κ2) is 8.46. The molecule has 0 aromatic carbocycles. The summed E-state index contributed by atoms with van der Waals surface area (Å²) in [6.07, 6.45) is 12.7. The van der Waals surface area contributed by atoms with E-state index >= 15 is 0 Å². The highest BCUT2D eigenvalue weighted by Gasteiger charge is 2.59. The Bertz CT molecular complexity index is 931. The summed E-state index contributed by atoms with van der Waals surface area (Å²) < 4.78 is 23.1. The molecule has 7 unspecified atom stereocenters. The lowest BCUT2D eigenvalue weighted by Crippen LogP contribution is -2.47. The van der Waals surface area contributed by atoms with E-state index in [-0.39, 0.29) is 35.1 Å². The van der Waals surface area contributed by atoms with Crippen LogP contribution in [0.15, 0.2) is 48.3 Å². The van der Waals surface area contributed by atoms with Crippen molar-refractivity contribution in [3.63, 3.8) is 0 Å². The van der Waals surface area contributed by atoms with Gasteiger partial charge in [-0.25, -0.2) is 9.59 Å². The fourth-order valence-corrected chi connectivity index (χ4v) is 6.37. The minimum absolute atomic E-state index is 0.0834. The summed E-state index contributed by atoms with van der Waals surface area (Å²) in [5, 5.41) is 0. The summed E-state index contributed by atoms with van der Waals surface area (Å²) in [6, 6.07) is 0. The number of carbonyl (C=O) groups excluding carboxylic acids is 2. The number of hydrogen-bond acceptors (Lipinski definition) is 6. The number of rotatable bonds is 9. The first-order valence-electron chi connectivity index (χ1n) is 11.8. The molecule has 0 spiro atoms. The summed E-state index contributed by atoms with van der Waals surface area (Å²) in [6.45, 7) is 12.0. The van der Waals surface area contributed by atoms with E-state index in [2.05, 4.69) is 30.9 Å². The number of hydrogen-bond donors (Lipinski definition) is 0. The Morgan fingerprint density at radius 2 is 1.82 bits per heavy atom. The molecule has 4 aliphatic carbocycles. The van der Waals surface area contributed by atoms with Crippen LogP contribution in [0.2, 0.25) is 0 Å². The molecule has 0 saturated heterocycles. The lowest BCUT2D eigenvalue weighted by molar-refractivity contribution is -0.165. The van der Waals surface area contributed by atoms with Crippen LogP contribution in [0.3, 0.4) is 0 Å². The molecule has 4 bridgehead atoms. The van der Waals surface area contributed by atoms with E-state index in [0.717, 1.165) is 19.3 Å². The first-order chi connectivity index (χ1) is 15.5. The van der Waals surface area contributed by atoms with Crippen molar-refractivity contribution in [2.24, 2.45) is 29.1 Å². The van der Waals surface area contributed by atoms with Crippen LogP contribution in [0, 0.1) is 29.1 Å². The van der Waals surface area contributed by atoms with Gasteiger partial charge in [0.05, 0.1) is 30.5 Å². The van der Waals surface area contributed by atoms with Crippen molar-refractivity contribution in [1.29, 1.82) is 0 Å². The lowest BCUT2D eigenvalue weighted by Gasteiger charge is -2.41. The Labute approximate surface area is 196 Å².